The first-order valence-corrected chi connectivity index (χ1v) is 11.5. The Kier molecular flexibility index (Phi) is 9.97. The Hall–Kier alpha value is -5.17. The minimum Gasteiger partial charge on any atom is -0.506 e. The Morgan fingerprint density at radius 3 is 0.950 bits per heavy atom. The average Bonchev–Trinajstić information content (AvgIpc) is 2.98. The predicted molar refractivity (Wildman–Crippen MR) is 152 cm³/mol. The molecule has 0 aliphatic heterocycles. The average molecular weight is 546 g/mol. The molecule has 0 fully saturated rings. The Balaban J connectivity index is 0.000000163. The van der Waals surface area contributed by atoms with Crippen LogP contribution in [0.1, 0.15) is 31.5 Å². The van der Waals surface area contributed by atoms with Crippen LogP contribution >= 0.6 is 0 Å². The summed E-state index contributed by atoms with van der Waals surface area (Å²) >= 11 is 0. The number of phenols is 3. The van der Waals surface area contributed by atoms with Crippen molar-refractivity contribution in [2.75, 3.05) is 0 Å². The molecule has 3 aromatic heterocycles. The quantitative estimate of drug-likeness (QED) is 0.208. The summed E-state index contributed by atoms with van der Waals surface area (Å²) in [5, 5.41) is 30.7. The lowest BCUT2D eigenvalue weighted by Gasteiger charge is -1.99. The molecular weight excluding hydrogens is 525 g/mol. The first kappa shape index (κ1) is 29.4. The first-order chi connectivity index (χ1) is 18.9. The maximum absolute atomic E-state index is 10.4. The van der Waals surface area contributed by atoms with Gasteiger partial charge in [-0.25, -0.2) is 15.0 Å². The third-order valence-corrected chi connectivity index (χ3v) is 5.52. The molecule has 40 heavy (non-hydrogen) atoms. The summed E-state index contributed by atoms with van der Waals surface area (Å²) in [6.07, 6.45) is 1.98. The van der Waals surface area contributed by atoms with Crippen molar-refractivity contribution in [2.45, 2.75) is 0 Å². The largest absolute Gasteiger partial charge is 0.506 e. The van der Waals surface area contributed by atoms with Gasteiger partial charge in [0.1, 0.15) is 50.9 Å². The summed E-state index contributed by atoms with van der Waals surface area (Å²) < 4.78 is 0. The highest BCUT2D eigenvalue weighted by atomic mass is 27.0. The molecule has 10 heteroatoms. The van der Waals surface area contributed by atoms with Crippen LogP contribution in [0.15, 0.2) is 91.0 Å². The van der Waals surface area contributed by atoms with Crippen molar-refractivity contribution in [3.05, 3.63) is 108 Å². The van der Waals surface area contributed by atoms with Crippen molar-refractivity contribution < 1.29 is 29.7 Å². The van der Waals surface area contributed by atoms with Gasteiger partial charge in [-0.2, -0.15) is 0 Å². The number of nitrogens with zero attached hydrogens (tertiary/aromatic N) is 3. The number of fused-ring (bicyclic) bond motifs is 3. The Bertz CT molecular complexity index is 1620. The maximum Gasteiger partial charge on any atom is 0.168 e. The van der Waals surface area contributed by atoms with Gasteiger partial charge in [-0.15, -0.1) is 0 Å². The van der Waals surface area contributed by atoms with Crippen LogP contribution in [-0.2, 0) is 0 Å². The number of aromatic nitrogens is 3. The molecular formula is C30H21AlN3O6. The van der Waals surface area contributed by atoms with Crippen molar-refractivity contribution in [1.29, 1.82) is 0 Å². The van der Waals surface area contributed by atoms with E-state index in [4.69, 9.17) is 0 Å². The van der Waals surface area contributed by atoms with Gasteiger partial charge in [0, 0.05) is 33.5 Å². The van der Waals surface area contributed by atoms with Crippen LogP contribution in [0.25, 0.3) is 32.7 Å². The number of para-hydroxylation sites is 3. The van der Waals surface area contributed by atoms with Crippen LogP contribution in [0.5, 0.6) is 17.2 Å². The van der Waals surface area contributed by atoms with Gasteiger partial charge in [0.2, 0.25) is 0 Å². The number of rotatable bonds is 3. The SMILES string of the molecule is O=Cc1ccc2cccc(O)c2n1.O=Cc1ccc2cccc(O)c2n1.O=Cc1ccc2cccc(O)c2n1.[Al]. The zero-order chi connectivity index (χ0) is 27.8. The van der Waals surface area contributed by atoms with Crippen LogP contribution in [0.4, 0.5) is 0 Å². The minimum absolute atomic E-state index is 0. The molecule has 0 atom stereocenters. The summed E-state index contributed by atoms with van der Waals surface area (Å²) in [6.45, 7) is 0. The van der Waals surface area contributed by atoms with Crippen LogP contribution in [-0.4, -0.2) is 66.5 Å². The zero-order valence-corrected chi connectivity index (χ0v) is 22.0. The van der Waals surface area contributed by atoms with E-state index in [9.17, 15) is 29.7 Å². The highest BCUT2D eigenvalue weighted by Gasteiger charge is 2.03. The van der Waals surface area contributed by atoms with Crippen LogP contribution < -0.4 is 0 Å². The summed E-state index contributed by atoms with van der Waals surface area (Å²) in [4.78, 5) is 43.2. The van der Waals surface area contributed by atoms with Gasteiger partial charge in [-0.1, -0.05) is 54.6 Å². The standard InChI is InChI=1S/3C10H7NO2.Al/c3*12-6-8-5-4-7-2-1-3-9(13)10(7)11-8;/h3*1-6,13H;. The topological polar surface area (TPSA) is 151 Å². The van der Waals surface area contributed by atoms with Crippen molar-refractivity contribution in [3.8, 4) is 17.2 Å². The summed E-state index contributed by atoms with van der Waals surface area (Å²) in [5.41, 5.74) is 2.38. The van der Waals surface area contributed by atoms with E-state index in [1.807, 2.05) is 18.2 Å². The van der Waals surface area contributed by atoms with Crippen molar-refractivity contribution in [2.24, 2.45) is 0 Å². The van der Waals surface area contributed by atoms with Gasteiger partial charge in [0.15, 0.2) is 18.9 Å². The third-order valence-electron chi connectivity index (χ3n) is 5.52. The molecule has 0 unspecified atom stereocenters. The molecule has 3 aromatic carbocycles. The monoisotopic (exact) mass is 546 g/mol. The van der Waals surface area contributed by atoms with Gasteiger partial charge >= 0.3 is 0 Å². The highest BCUT2D eigenvalue weighted by Crippen LogP contribution is 2.23. The number of pyridine rings is 3. The van der Waals surface area contributed by atoms with Crippen molar-refractivity contribution in [3.63, 3.8) is 0 Å². The fraction of sp³-hybridized carbons (Fsp3) is 0. The molecule has 0 saturated carbocycles. The predicted octanol–water partition coefficient (Wildman–Crippen LogP) is 4.88. The van der Waals surface area contributed by atoms with E-state index >= 15 is 0 Å². The van der Waals surface area contributed by atoms with E-state index in [0.29, 0.717) is 52.5 Å². The van der Waals surface area contributed by atoms with Gasteiger partial charge in [-0.05, 0) is 36.4 Å². The molecule has 0 aliphatic rings. The number of benzene rings is 3. The molecule has 3 radical (unpaired) electrons. The van der Waals surface area contributed by atoms with Gasteiger partial charge in [0.05, 0.1) is 0 Å². The van der Waals surface area contributed by atoms with E-state index < -0.39 is 0 Å². The molecule has 0 bridgehead atoms. The smallest absolute Gasteiger partial charge is 0.168 e. The number of carbonyl (C=O) groups is 3. The minimum atomic E-state index is 0. The highest BCUT2D eigenvalue weighted by molar-refractivity contribution is 5.89. The number of carbonyl (C=O) groups excluding carboxylic acids is 3. The third kappa shape index (κ3) is 6.82. The maximum atomic E-state index is 10.4. The second-order valence-electron chi connectivity index (χ2n) is 8.11. The zero-order valence-electron chi connectivity index (χ0n) is 20.9. The second kappa shape index (κ2) is 13.6. The Morgan fingerprint density at radius 1 is 0.425 bits per heavy atom. The first-order valence-electron chi connectivity index (χ1n) is 11.5. The lowest BCUT2D eigenvalue weighted by molar-refractivity contribution is 0.111. The lowest BCUT2D eigenvalue weighted by atomic mass is 10.2. The molecule has 0 amide bonds. The Morgan fingerprint density at radius 2 is 0.700 bits per heavy atom. The van der Waals surface area contributed by atoms with E-state index in [1.165, 1.54) is 0 Å². The molecule has 0 aliphatic carbocycles. The molecule has 195 valence electrons. The van der Waals surface area contributed by atoms with Crippen LogP contribution in [0, 0.1) is 0 Å². The molecule has 0 spiro atoms. The van der Waals surface area contributed by atoms with Crippen LogP contribution in [0.3, 0.4) is 0 Å². The summed E-state index contributed by atoms with van der Waals surface area (Å²) in [7, 11) is 0. The van der Waals surface area contributed by atoms with E-state index in [0.717, 1.165) is 16.2 Å². The number of hydrogen-bond acceptors (Lipinski definition) is 9. The Labute approximate surface area is 238 Å². The van der Waals surface area contributed by atoms with E-state index in [2.05, 4.69) is 15.0 Å². The van der Waals surface area contributed by atoms with Crippen molar-refractivity contribution >= 4 is 68.9 Å². The van der Waals surface area contributed by atoms with Crippen LogP contribution in [0.2, 0.25) is 0 Å². The number of hydrogen-bond donors (Lipinski definition) is 3. The molecule has 3 N–H and O–H groups in total. The lowest BCUT2D eigenvalue weighted by Crippen LogP contribution is -1.87. The molecule has 6 aromatic rings. The molecule has 9 nitrogen and oxygen atoms in total. The normalized spacial score (nSPS) is 9.90. The number of phenolic OH excluding ortho intramolecular Hbond substituents is 3. The fourth-order valence-corrected chi connectivity index (χ4v) is 3.64. The number of aldehydes is 3. The van der Waals surface area contributed by atoms with Gasteiger partial charge in [-0.3, -0.25) is 14.4 Å². The summed E-state index contributed by atoms with van der Waals surface area (Å²) in [6, 6.07) is 25.5. The fourth-order valence-electron chi connectivity index (χ4n) is 3.64. The second-order valence-corrected chi connectivity index (χ2v) is 8.11. The molecule has 0 saturated heterocycles. The summed E-state index contributed by atoms with van der Waals surface area (Å²) in [5.74, 6) is 0.295. The molecule has 6 rings (SSSR count). The van der Waals surface area contributed by atoms with Gasteiger partial charge < -0.3 is 15.3 Å². The van der Waals surface area contributed by atoms with E-state index in [-0.39, 0.29) is 34.6 Å². The van der Waals surface area contributed by atoms with Gasteiger partial charge in [0.25, 0.3) is 0 Å². The molecule has 3 heterocycles. The number of aromatic hydroxyl groups is 3. The van der Waals surface area contributed by atoms with Crippen molar-refractivity contribution in [1.82, 2.24) is 15.0 Å². The van der Waals surface area contributed by atoms with E-state index in [1.54, 1.807) is 72.8 Å².